The van der Waals surface area contributed by atoms with Crippen molar-refractivity contribution >= 4 is 23.5 Å². The molecule has 5 rings (SSSR count). The van der Waals surface area contributed by atoms with Crippen LogP contribution in [-0.2, 0) is 24.3 Å². The van der Waals surface area contributed by atoms with E-state index in [0.717, 1.165) is 60.7 Å². The number of carboxylic acids is 1. The van der Waals surface area contributed by atoms with Crippen LogP contribution in [-0.4, -0.2) is 53.0 Å². The molecule has 2 bridgehead atoms. The van der Waals surface area contributed by atoms with Crippen molar-refractivity contribution in [1.82, 2.24) is 9.80 Å². The van der Waals surface area contributed by atoms with Gasteiger partial charge < -0.3 is 14.7 Å². The first kappa shape index (κ1) is 28.2. The first-order chi connectivity index (χ1) is 19.4. The van der Waals surface area contributed by atoms with E-state index in [-0.39, 0.29) is 12.5 Å². The molecular weight excluding hydrogens is 524 g/mol. The van der Waals surface area contributed by atoms with Crippen LogP contribution in [0.25, 0.3) is 0 Å². The molecule has 0 radical (unpaired) electrons. The van der Waals surface area contributed by atoms with Gasteiger partial charge in [0.15, 0.2) is 0 Å². The minimum atomic E-state index is -1.07. The highest BCUT2D eigenvalue weighted by Gasteiger charge is 2.24. The summed E-state index contributed by atoms with van der Waals surface area (Å²) in [5.41, 5.74) is 4.61. The predicted octanol–water partition coefficient (Wildman–Crippen LogP) is 6.43. The summed E-state index contributed by atoms with van der Waals surface area (Å²) in [6.45, 7) is 3.63. The van der Waals surface area contributed by atoms with Gasteiger partial charge in [0.05, 0.1) is 6.61 Å². The van der Waals surface area contributed by atoms with E-state index in [2.05, 4.69) is 29.2 Å². The molecular formula is C33H37ClN2O4. The van der Waals surface area contributed by atoms with Gasteiger partial charge in [0.2, 0.25) is 0 Å². The Morgan fingerprint density at radius 2 is 1.80 bits per heavy atom. The number of benzene rings is 3. The van der Waals surface area contributed by atoms with Crippen LogP contribution in [0.4, 0.5) is 0 Å². The summed E-state index contributed by atoms with van der Waals surface area (Å²) in [5, 5.41) is 10.1. The number of hydrogen-bond donors (Lipinski definition) is 1. The number of hydrogen-bond acceptors (Lipinski definition) is 4. The van der Waals surface area contributed by atoms with E-state index in [0.29, 0.717) is 23.6 Å². The van der Waals surface area contributed by atoms with Crippen molar-refractivity contribution in [3.8, 4) is 5.75 Å². The van der Waals surface area contributed by atoms with E-state index in [1.165, 1.54) is 29.8 Å². The number of carbonyl (C=O) groups excluding carboxylic acids is 1. The summed E-state index contributed by atoms with van der Waals surface area (Å²) in [6, 6.07) is 21.3. The molecule has 0 atom stereocenters. The molecule has 1 fully saturated rings. The molecule has 0 spiro atoms. The van der Waals surface area contributed by atoms with Gasteiger partial charge in [-0.3, -0.25) is 14.5 Å². The van der Waals surface area contributed by atoms with Crippen LogP contribution in [0, 0.1) is 5.92 Å². The van der Waals surface area contributed by atoms with E-state index in [1.54, 1.807) is 24.3 Å². The molecule has 0 aromatic heterocycles. The lowest BCUT2D eigenvalue weighted by Crippen LogP contribution is -2.35. The fourth-order valence-electron chi connectivity index (χ4n) is 5.41. The van der Waals surface area contributed by atoms with E-state index in [9.17, 15) is 14.7 Å². The fourth-order valence-corrected chi connectivity index (χ4v) is 5.62. The number of rotatable bonds is 7. The Hall–Kier alpha value is -3.35. The van der Waals surface area contributed by atoms with Crippen LogP contribution in [0.15, 0.2) is 66.7 Å². The topological polar surface area (TPSA) is 70.1 Å². The van der Waals surface area contributed by atoms with Crippen LogP contribution in [0.3, 0.4) is 0 Å². The number of carbonyl (C=O) groups is 2. The molecule has 0 unspecified atom stereocenters. The van der Waals surface area contributed by atoms with Crippen molar-refractivity contribution in [3.05, 3.63) is 99.6 Å². The van der Waals surface area contributed by atoms with Gasteiger partial charge in [-0.15, -0.1) is 0 Å². The fraction of sp³-hybridized carbons (Fsp3) is 0.394. The molecule has 7 heteroatoms. The largest absolute Gasteiger partial charge is 0.493 e. The zero-order valence-electron chi connectivity index (χ0n) is 22.9. The highest BCUT2D eigenvalue weighted by molar-refractivity contribution is 6.30. The molecule has 3 aromatic carbocycles. The summed E-state index contributed by atoms with van der Waals surface area (Å²) in [7, 11) is 0. The van der Waals surface area contributed by atoms with Crippen molar-refractivity contribution in [2.24, 2.45) is 5.92 Å². The lowest BCUT2D eigenvalue weighted by molar-refractivity contribution is -0.137. The molecule has 2 aliphatic rings. The maximum absolute atomic E-state index is 13.6. The lowest BCUT2D eigenvalue weighted by atomic mass is 9.99. The second kappa shape index (κ2) is 13.3. The molecule has 3 aromatic rings. The van der Waals surface area contributed by atoms with Crippen LogP contribution in [0.1, 0.15) is 64.7 Å². The molecule has 6 nitrogen and oxygen atoms in total. The highest BCUT2D eigenvalue weighted by Crippen LogP contribution is 2.31. The van der Waals surface area contributed by atoms with Gasteiger partial charge in [-0.2, -0.15) is 0 Å². The van der Waals surface area contributed by atoms with Gasteiger partial charge >= 0.3 is 5.97 Å². The Balaban J connectivity index is 1.40. The smallest absolute Gasteiger partial charge is 0.323 e. The average molecular weight is 561 g/mol. The number of fused-ring (bicyclic) bond motifs is 3. The maximum Gasteiger partial charge on any atom is 0.323 e. The predicted molar refractivity (Wildman–Crippen MR) is 157 cm³/mol. The first-order valence-electron chi connectivity index (χ1n) is 14.2. The summed E-state index contributed by atoms with van der Waals surface area (Å²) < 4.78 is 6.23. The molecule has 1 saturated carbocycles. The standard InChI is InChI=1S/C33H37ClN2O4/c34-30-9-5-8-27(18-30)22-36(23-32(37)38)33(39)28-12-13-31-29(19-28)17-25-6-4-7-26(16-25)21-35(20-24-10-11-24)14-2-1-3-15-40-31/h4-9,12-13,16,18-19,24H,1-3,10-11,14-15,17,20-23H2,(H,37,38). The van der Waals surface area contributed by atoms with Gasteiger partial charge in [-0.25, -0.2) is 0 Å². The molecule has 0 saturated heterocycles. The second-order valence-electron chi connectivity index (χ2n) is 11.1. The average Bonchev–Trinajstić information content (AvgIpc) is 3.74. The van der Waals surface area contributed by atoms with Crippen LogP contribution in [0.5, 0.6) is 5.75 Å². The molecule has 1 N–H and O–H groups in total. The Morgan fingerprint density at radius 1 is 0.975 bits per heavy atom. The third kappa shape index (κ3) is 8.09. The van der Waals surface area contributed by atoms with E-state index in [4.69, 9.17) is 16.3 Å². The number of carboxylic acid groups (broad SMARTS) is 1. The lowest BCUT2D eigenvalue weighted by Gasteiger charge is -2.23. The van der Waals surface area contributed by atoms with E-state index in [1.807, 2.05) is 18.2 Å². The van der Waals surface area contributed by atoms with Crippen molar-refractivity contribution in [2.45, 2.75) is 51.6 Å². The SMILES string of the molecule is O=C(O)CN(Cc1cccc(Cl)c1)C(=O)c1ccc2c(c1)Cc1cccc(c1)CN(CC1CC1)CCCCCO2. The monoisotopic (exact) mass is 560 g/mol. The normalized spacial score (nSPS) is 16.3. The van der Waals surface area contributed by atoms with Crippen molar-refractivity contribution in [1.29, 1.82) is 0 Å². The molecule has 1 aliphatic carbocycles. The number of ether oxygens (including phenoxy) is 1. The quantitative estimate of drug-likeness (QED) is 0.360. The molecule has 1 amide bonds. The van der Waals surface area contributed by atoms with Crippen molar-refractivity contribution < 1.29 is 19.4 Å². The van der Waals surface area contributed by atoms with Gasteiger partial charge in [-0.05, 0) is 97.2 Å². The summed E-state index contributed by atoms with van der Waals surface area (Å²) in [6.07, 6.45) is 6.58. The molecule has 1 aliphatic heterocycles. The number of halogens is 1. The minimum absolute atomic E-state index is 0.151. The molecule has 40 heavy (non-hydrogen) atoms. The Kier molecular flexibility index (Phi) is 9.40. The Morgan fingerprint density at radius 3 is 2.60 bits per heavy atom. The van der Waals surface area contributed by atoms with Gasteiger partial charge in [-0.1, -0.05) is 48.0 Å². The number of amides is 1. The highest BCUT2D eigenvalue weighted by atomic mass is 35.5. The second-order valence-corrected chi connectivity index (χ2v) is 11.5. The summed E-state index contributed by atoms with van der Waals surface area (Å²) in [4.78, 5) is 29.2. The van der Waals surface area contributed by atoms with E-state index < -0.39 is 12.5 Å². The summed E-state index contributed by atoms with van der Waals surface area (Å²) in [5.74, 6) is 0.223. The molecule has 210 valence electrons. The number of nitrogens with zero attached hydrogens (tertiary/aromatic N) is 2. The van der Waals surface area contributed by atoms with Crippen LogP contribution >= 0.6 is 11.6 Å². The van der Waals surface area contributed by atoms with Crippen LogP contribution in [0.2, 0.25) is 5.02 Å². The van der Waals surface area contributed by atoms with E-state index >= 15 is 0 Å². The van der Waals surface area contributed by atoms with Crippen LogP contribution < -0.4 is 4.74 Å². The maximum atomic E-state index is 13.6. The van der Waals surface area contributed by atoms with Gasteiger partial charge in [0, 0.05) is 36.6 Å². The Bertz CT molecular complexity index is 1340. The van der Waals surface area contributed by atoms with Crippen molar-refractivity contribution in [3.63, 3.8) is 0 Å². The number of aliphatic carboxylic acids is 1. The first-order valence-corrected chi connectivity index (χ1v) is 14.6. The van der Waals surface area contributed by atoms with Gasteiger partial charge in [0.25, 0.3) is 5.91 Å². The third-order valence-corrected chi connectivity index (χ3v) is 7.80. The van der Waals surface area contributed by atoms with Gasteiger partial charge in [0.1, 0.15) is 12.3 Å². The third-order valence-electron chi connectivity index (χ3n) is 7.56. The zero-order valence-corrected chi connectivity index (χ0v) is 23.6. The molecule has 1 heterocycles. The Labute approximate surface area is 241 Å². The van der Waals surface area contributed by atoms with Crippen molar-refractivity contribution in [2.75, 3.05) is 26.2 Å². The zero-order chi connectivity index (χ0) is 27.9. The minimum Gasteiger partial charge on any atom is -0.493 e. The summed E-state index contributed by atoms with van der Waals surface area (Å²) >= 11 is 6.13.